The molecule has 0 aromatic heterocycles. The average molecular weight is 242 g/mol. The van der Waals surface area contributed by atoms with Crippen molar-refractivity contribution in [1.82, 2.24) is 10.2 Å². The lowest BCUT2D eigenvalue weighted by Gasteiger charge is -2.23. The summed E-state index contributed by atoms with van der Waals surface area (Å²) in [5, 5.41) is 11.6. The Labute approximate surface area is 102 Å². The number of nitrogens with one attached hydrogen (secondary N) is 1. The number of rotatable bonds is 6. The van der Waals surface area contributed by atoms with E-state index in [1.165, 1.54) is 0 Å². The summed E-state index contributed by atoms with van der Waals surface area (Å²) in [7, 11) is 1.70. The third kappa shape index (κ3) is 4.24. The summed E-state index contributed by atoms with van der Waals surface area (Å²) in [6.07, 6.45) is 2.79. The van der Waals surface area contributed by atoms with Crippen molar-refractivity contribution >= 4 is 12.0 Å². The predicted octanol–water partition coefficient (Wildman–Crippen LogP) is 1.54. The monoisotopic (exact) mass is 242 g/mol. The Balaban J connectivity index is 2.43. The largest absolute Gasteiger partial charge is 0.480 e. The van der Waals surface area contributed by atoms with Crippen LogP contribution in [0.1, 0.15) is 33.1 Å². The smallest absolute Gasteiger partial charge is 0.326 e. The summed E-state index contributed by atoms with van der Waals surface area (Å²) < 4.78 is 0. The molecule has 1 saturated carbocycles. The minimum absolute atomic E-state index is 0.119. The quantitative estimate of drug-likeness (QED) is 0.742. The Kier molecular flexibility index (Phi) is 4.78. The van der Waals surface area contributed by atoms with Crippen molar-refractivity contribution < 1.29 is 14.7 Å². The zero-order chi connectivity index (χ0) is 13.0. The van der Waals surface area contributed by atoms with E-state index in [2.05, 4.69) is 19.2 Å². The van der Waals surface area contributed by atoms with Gasteiger partial charge in [0.15, 0.2) is 0 Å². The molecule has 5 nitrogen and oxygen atoms in total. The summed E-state index contributed by atoms with van der Waals surface area (Å²) in [5.41, 5.74) is 0. The van der Waals surface area contributed by atoms with Crippen molar-refractivity contribution in [3.05, 3.63) is 0 Å². The molecule has 1 fully saturated rings. The molecule has 0 aromatic rings. The summed E-state index contributed by atoms with van der Waals surface area (Å²) in [6, 6.07) is -1.01. The van der Waals surface area contributed by atoms with Crippen molar-refractivity contribution in [2.24, 2.45) is 11.8 Å². The molecule has 5 heteroatoms. The van der Waals surface area contributed by atoms with Crippen LogP contribution >= 0.6 is 0 Å². The standard InChI is InChI=1S/C12H22N2O3/c1-4-8(2)7-14(3)12(17)13-10(11(15)16)9-5-6-9/h8-10H,4-7H2,1-3H3,(H,13,17)(H,15,16). The van der Waals surface area contributed by atoms with Gasteiger partial charge in [0.2, 0.25) is 0 Å². The first-order valence-electron chi connectivity index (χ1n) is 6.20. The highest BCUT2D eigenvalue weighted by Crippen LogP contribution is 2.32. The van der Waals surface area contributed by atoms with Crippen LogP contribution < -0.4 is 5.32 Å². The Morgan fingerprint density at radius 1 is 1.47 bits per heavy atom. The van der Waals surface area contributed by atoms with Crippen molar-refractivity contribution in [1.29, 1.82) is 0 Å². The van der Waals surface area contributed by atoms with Gasteiger partial charge in [-0.05, 0) is 24.7 Å². The molecule has 98 valence electrons. The van der Waals surface area contributed by atoms with Gasteiger partial charge in [-0.25, -0.2) is 9.59 Å². The number of aliphatic carboxylic acids is 1. The Bertz CT molecular complexity index is 289. The minimum atomic E-state index is -0.933. The van der Waals surface area contributed by atoms with E-state index in [1.54, 1.807) is 11.9 Å². The van der Waals surface area contributed by atoms with Crippen LogP contribution in [-0.4, -0.2) is 41.6 Å². The molecule has 1 aliphatic rings. The molecule has 0 saturated heterocycles. The second-order valence-corrected chi connectivity index (χ2v) is 5.00. The molecule has 0 heterocycles. The molecular formula is C12H22N2O3. The number of amides is 2. The second-order valence-electron chi connectivity index (χ2n) is 5.00. The number of carboxylic acid groups (broad SMARTS) is 1. The van der Waals surface area contributed by atoms with Crippen molar-refractivity contribution in [3.63, 3.8) is 0 Å². The molecule has 0 aromatic carbocycles. The van der Waals surface area contributed by atoms with Crippen LogP contribution in [0.3, 0.4) is 0 Å². The minimum Gasteiger partial charge on any atom is -0.480 e. The maximum Gasteiger partial charge on any atom is 0.326 e. The Hall–Kier alpha value is -1.26. The highest BCUT2D eigenvalue weighted by molar-refractivity contribution is 5.83. The molecule has 2 atom stereocenters. The van der Waals surface area contributed by atoms with E-state index >= 15 is 0 Å². The van der Waals surface area contributed by atoms with E-state index in [0.29, 0.717) is 12.5 Å². The molecule has 0 radical (unpaired) electrons. The normalized spacial score (nSPS) is 18.3. The van der Waals surface area contributed by atoms with Gasteiger partial charge < -0.3 is 15.3 Å². The summed E-state index contributed by atoms with van der Waals surface area (Å²) >= 11 is 0. The average Bonchev–Trinajstić information content (AvgIpc) is 3.08. The summed E-state index contributed by atoms with van der Waals surface area (Å²) in [5.74, 6) is -0.388. The summed E-state index contributed by atoms with van der Waals surface area (Å²) in [6.45, 7) is 4.79. The number of hydrogen-bond donors (Lipinski definition) is 2. The van der Waals surface area contributed by atoms with Gasteiger partial charge >= 0.3 is 12.0 Å². The molecule has 0 aliphatic heterocycles. The molecule has 0 spiro atoms. The molecular weight excluding hydrogens is 220 g/mol. The van der Waals surface area contributed by atoms with E-state index in [0.717, 1.165) is 19.3 Å². The van der Waals surface area contributed by atoms with Gasteiger partial charge in [0.05, 0.1) is 0 Å². The van der Waals surface area contributed by atoms with Gasteiger partial charge in [-0.1, -0.05) is 20.3 Å². The first-order valence-corrected chi connectivity index (χ1v) is 6.20. The van der Waals surface area contributed by atoms with E-state index in [9.17, 15) is 9.59 Å². The topological polar surface area (TPSA) is 69.6 Å². The van der Waals surface area contributed by atoms with Gasteiger partial charge in [-0.15, -0.1) is 0 Å². The molecule has 17 heavy (non-hydrogen) atoms. The van der Waals surface area contributed by atoms with E-state index in [1.807, 2.05) is 0 Å². The number of hydrogen-bond acceptors (Lipinski definition) is 2. The third-order valence-corrected chi connectivity index (χ3v) is 3.27. The number of urea groups is 1. The fourth-order valence-electron chi connectivity index (χ4n) is 1.73. The molecule has 1 rings (SSSR count). The number of carboxylic acids is 1. The van der Waals surface area contributed by atoms with Crippen LogP contribution in [0.25, 0.3) is 0 Å². The fraction of sp³-hybridized carbons (Fsp3) is 0.833. The highest BCUT2D eigenvalue weighted by atomic mass is 16.4. The zero-order valence-corrected chi connectivity index (χ0v) is 10.8. The van der Waals surface area contributed by atoms with Crippen molar-refractivity contribution in [2.45, 2.75) is 39.2 Å². The lowest BCUT2D eigenvalue weighted by molar-refractivity contribution is -0.139. The number of carbonyl (C=O) groups excluding carboxylic acids is 1. The number of carbonyl (C=O) groups is 2. The maximum atomic E-state index is 11.8. The maximum absolute atomic E-state index is 11.8. The van der Waals surface area contributed by atoms with Gasteiger partial charge in [0, 0.05) is 13.6 Å². The molecule has 2 unspecified atom stereocenters. The first-order chi connectivity index (χ1) is 7.95. The van der Waals surface area contributed by atoms with Gasteiger partial charge in [0.25, 0.3) is 0 Å². The van der Waals surface area contributed by atoms with Crippen molar-refractivity contribution in [2.75, 3.05) is 13.6 Å². The zero-order valence-electron chi connectivity index (χ0n) is 10.8. The Morgan fingerprint density at radius 2 is 2.06 bits per heavy atom. The third-order valence-electron chi connectivity index (χ3n) is 3.27. The molecule has 2 amide bonds. The SMILES string of the molecule is CCC(C)CN(C)C(=O)NC(C(=O)O)C1CC1. The van der Waals surface area contributed by atoms with Gasteiger partial charge in [-0.2, -0.15) is 0 Å². The van der Waals surface area contributed by atoms with Crippen LogP contribution in [0, 0.1) is 11.8 Å². The van der Waals surface area contributed by atoms with Crippen molar-refractivity contribution in [3.8, 4) is 0 Å². The number of nitrogens with zero attached hydrogens (tertiary/aromatic N) is 1. The Morgan fingerprint density at radius 3 is 2.47 bits per heavy atom. The van der Waals surface area contributed by atoms with Crippen LogP contribution in [0.15, 0.2) is 0 Å². The van der Waals surface area contributed by atoms with E-state index in [-0.39, 0.29) is 11.9 Å². The second kappa shape index (κ2) is 5.89. The summed E-state index contributed by atoms with van der Waals surface area (Å²) in [4.78, 5) is 24.3. The highest BCUT2D eigenvalue weighted by Gasteiger charge is 2.37. The van der Waals surface area contributed by atoms with Crippen LogP contribution in [0.5, 0.6) is 0 Å². The van der Waals surface area contributed by atoms with E-state index < -0.39 is 12.0 Å². The lowest BCUT2D eigenvalue weighted by Crippen LogP contribution is -2.48. The predicted molar refractivity (Wildman–Crippen MR) is 64.8 cm³/mol. The van der Waals surface area contributed by atoms with Gasteiger partial charge in [-0.3, -0.25) is 0 Å². The molecule has 0 bridgehead atoms. The van der Waals surface area contributed by atoms with Gasteiger partial charge in [0.1, 0.15) is 6.04 Å². The molecule has 2 N–H and O–H groups in total. The first kappa shape index (κ1) is 13.8. The van der Waals surface area contributed by atoms with Crippen LogP contribution in [0.2, 0.25) is 0 Å². The van der Waals surface area contributed by atoms with E-state index in [4.69, 9.17) is 5.11 Å². The lowest BCUT2D eigenvalue weighted by atomic mass is 10.1. The van der Waals surface area contributed by atoms with Crippen LogP contribution in [0.4, 0.5) is 4.79 Å². The van der Waals surface area contributed by atoms with Crippen LogP contribution in [-0.2, 0) is 4.79 Å². The fourth-order valence-corrected chi connectivity index (χ4v) is 1.73. The molecule has 1 aliphatic carbocycles.